The van der Waals surface area contributed by atoms with E-state index < -0.39 is 0 Å². The standard InChI is InChI=1S/C12H26N2/c1-10-5-7-14(8-6-10)12(3)9-11(2)13-4/h10-13H,5-9H2,1-4H3. The monoisotopic (exact) mass is 198 g/mol. The van der Waals surface area contributed by atoms with Crippen LogP contribution < -0.4 is 5.32 Å². The van der Waals surface area contributed by atoms with Gasteiger partial charge in [-0.15, -0.1) is 0 Å². The smallest absolute Gasteiger partial charge is 0.00816 e. The summed E-state index contributed by atoms with van der Waals surface area (Å²) in [4.78, 5) is 2.65. The van der Waals surface area contributed by atoms with Crippen LogP contribution in [0.3, 0.4) is 0 Å². The zero-order valence-electron chi connectivity index (χ0n) is 10.2. The van der Waals surface area contributed by atoms with E-state index in [-0.39, 0.29) is 0 Å². The Kier molecular flexibility index (Phi) is 4.90. The predicted molar refractivity (Wildman–Crippen MR) is 62.6 cm³/mol. The second-order valence-corrected chi connectivity index (χ2v) is 4.99. The van der Waals surface area contributed by atoms with E-state index in [0.29, 0.717) is 6.04 Å². The normalized spacial score (nSPS) is 24.9. The van der Waals surface area contributed by atoms with Crippen LogP contribution in [-0.2, 0) is 0 Å². The molecule has 1 rings (SSSR count). The molecule has 1 aliphatic rings. The van der Waals surface area contributed by atoms with Crippen molar-refractivity contribution < 1.29 is 0 Å². The number of nitrogens with zero attached hydrogens (tertiary/aromatic N) is 1. The Labute approximate surface area is 89.1 Å². The lowest BCUT2D eigenvalue weighted by atomic mass is 9.97. The highest BCUT2D eigenvalue weighted by molar-refractivity contribution is 4.76. The molecular weight excluding hydrogens is 172 g/mol. The summed E-state index contributed by atoms with van der Waals surface area (Å²) in [5.41, 5.74) is 0. The maximum absolute atomic E-state index is 3.32. The Morgan fingerprint density at radius 3 is 2.36 bits per heavy atom. The zero-order valence-corrected chi connectivity index (χ0v) is 10.2. The van der Waals surface area contributed by atoms with Crippen LogP contribution >= 0.6 is 0 Å². The zero-order chi connectivity index (χ0) is 10.6. The van der Waals surface area contributed by atoms with Crippen molar-refractivity contribution >= 4 is 0 Å². The fourth-order valence-electron chi connectivity index (χ4n) is 2.25. The second-order valence-electron chi connectivity index (χ2n) is 4.99. The highest BCUT2D eigenvalue weighted by Gasteiger charge is 2.20. The van der Waals surface area contributed by atoms with Gasteiger partial charge in [0.25, 0.3) is 0 Å². The van der Waals surface area contributed by atoms with Crippen molar-refractivity contribution in [1.29, 1.82) is 0 Å². The molecule has 0 saturated carbocycles. The van der Waals surface area contributed by atoms with Crippen molar-refractivity contribution in [2.24, 2.45) is 5.92 Å². The molecule has 1 aliphatic heterocycles. The minimum Gasteiger partial charge on any atom is -0.317 e. The molecular formula is C12H26N2. The first-order valence-corrected chi connectivity index (χ1v) is 6.04. The first-order chi connectivity index (χ1) is 6.63. The van der Waals surface area contributed by atoms with Gasteiger partial charge in [0.2, 0.25) is 0 Å². The summed E-state index contributed by atoms with van der Waals surface area (Å²) < 4.78 is 0. The highest BCUT2D eigenvalue weighted by atomic mass is 15.2. The third-order valence-electron chi connectivity index (χ3n) is 3.63. The summed E-state index contributed by atoms with van der Waals surface area (Å²) in [5, 5.41) is 3.32. The summed E-state index contributed by atoms with van der Waals surface area (Å²) in [6.45, 7) is 9.61. The Morgan fingerprint density at radius 2 is 1.86 bits per heavy atom. The van der Waals surface area contributed by atoms with Crippen molar-refractivity contribution in [3.8, 4) is 0 Å². The van der Waals surface area contributed by atoms with Crippen LogP contribution in [0, 0.1) is 5.92 Å². The number of rotatable bonds is 4. The van der Waals surface area contributed by atoms with E-state index in [0.717, 1.165) is 12.0 Å². The van der Waals surface area contributed by atoms with Gasteiger partial charge in [0.15, 0.2) is 0 Å². The van der Waals surface area contributed by atoms with Crippen LogP contribution in [0.2, 0.25) is 0 Å². The Balaban J connectivity index is 2.26. The third kappa shape index (κ3) is 3.58. The Bertz CT molecular complexity index is 150. The Hall–Kier alpha value is -0.0800. The highest BCUT2D eigenvalue weighted by Crippen LogP contribution is 2.19. The van der Waals surface area contributed by atoms with E-state index in [1.165, 1.54) is 32.4 Å². The molecule has 14 heavy (non-hydrogen) atoms. The predicted octanol–water partition coefficient (Wildman–Crippen LogP) is 2.10. The molecule has 0 amide bonds. The van der Waals surface area contributed by atoms with E-state index in [9.17, 15) is 0 Å². The van der Waals surface area contributed by atoms with Gasteiger partial charge in [-0.3, -0.25) is 0 Å². The Morgan fingerprint density at radius 1 is 1.29 bits per heavy atom. The lowest BCUT2D eigenvalue weighted by Gasteiger charge is -2.36. The number of nitrogens with one attached hydrogen (secondary N) is 1. The van der Waals surface area contributed by atoms with Crippen LogP contribution in [-0.4, -0.2) is 37.1 Å². The summed E-state index contributed by atoms with van der Waals surface area (Å²) >= 11 is 0. The molecule has 2 unspecified atom stereocenters. The van der Waals surface area contributed by atoms with Crippen molar-refractivity contribution in [3.63, 3.8) is 0 Å². The van der Waals surface area contributed by atoms with Crippen LogP contribution in [0.4, 0.5) is 0 Å². The molecule has 1 heterocycles. The molecule has 0 aromatic rings. The lowest BCUT2D eigenvalue weighted by Crippen LogP contribution is -2.42. The third-order valence-corrected chi connectivity index (χ3v) is 3.63. The molecule has 84 valence electrons. The molecule has 2 heteroatoms. The summed E-state index contributed by atoms with van der Waals surface area (Å²) in [7, 11) is 2.05. The van der Waals surface area contributed by atoms with E-state index in [1.54, 1.807) is 0 Å². The fourth-order valence-corrected chi connectivity index (χ4v) is 2.25. The topological polar surface area (TPSA) is 15.3 Å². The molecule has 0 spiro atoms. The number of hydrogen-bond donors (Lipinski definition) is 1. The molecule has 2 atom stereocenters. The van der Waals surface area contributed by atoms with Crippen LogP contribution in [0.5, 0.6) is 0 Å². The van der Waals surface area contributed by atoms with Gasteiger partial charge in [-0.2, -0.15) is 0 Å². The van der Waals surface area contributed by atoms with Gasteiger partial charge in [-0.05, 0) is 59.2 Å². The van der Waals surface area contributed by atoms with E-state index in [1.807, 2.05) is 0 Å². The fraction of sp³-hybridized carbons (Fsp3) is 1.00. The van der Waals surface area contributed by atoms with E-state index >= 15 is 0 Å². The minimum absolute atomic E-state index is 0.643. The molecule has 0 aromatic carbocycles. The first kappa shape index (κ1) is 12.0. The molecule has 2 nitrogen and oxygen atoms in total. The molecule has 0 bridgehead atoms. The van der Waals surface area contributed by atoms with Gasteiger partial charge in [-0.25, -0.2) is 0 Å². The second kappa shape index (κ2) is 5.72. The molecule has 1 N–H and O–H groups in total. The van der Waals surface area contributed by atoms with E-state index in [2.05, 4.69) is 38.0 Å². The van der Waals surface area contributed by atoms with Gasteiger partial charge < -0.3 is 10.2 Å². The summed E-state index contributed by atoms with van der Waals surface area (Å²) in [5.74, 6) is 0.945. The molecule has 1 saturated heterocycles. The van der Waals surface area contributed by atoms with Crippen LogP contribution in [0.25, 0.3) is 0 Å². The summed E-state index contributed by atoms with van der Waals surface area (Å²) in [6, 6.07) is 1.38. The molecule has 0 aromatic heterocycles. The van der Waals surface area contributed by atoms with Gasteiger partial charge in [0, 0.05) is 12.1 Å². The first-order valence-electron chi connectivity index (χ1n) is 6.04. The van der Waals surface area contributed by atoms with Crippen LogP contribution in [0.15, 0.2) is 0 Å². The molecule has 0 aliphatic carbocycles. The van der Waals surface area contributed by atoms with Crippen molar-refractivity contribution in [2.75, 3.05) is 20.1 Å². The lowest BCUT2D eigenvalue weighted by molar-refractivity contribution is 0.135. The minimum atomic E-state index is 0.643. The quantitative estimate of drug-likeness (QED) is 0.744. The van der Waals surface area contributed by atoms with Crippen molar-refractivity contribution in [2.45, 2.75) is 52.1 Å². The van der Waals surface area contributed by atoms with Crippen LogP contribution in [0.1, 0.15) is 40.0 Å². The van der Waals surface area contributed by atoms with E-state index in [4.69, 9.17) is 0 Å². The average Bonchev–Trinajstić information content (AvgIpc) is 2.18. The number of piperidine rings is 1. The maximum Gasteiger partial charge on any atom is 0.00816 e. The SMILES string of the molecule is CNC(C)CC(C)N1CCC(C)CC1. The summed E-state index contributed by atoms with van der Waals surface area (Å²) in [6.07, 6.45) is 4.04. The van der Waals surface area contributed by atoms with Gasteiger partial charge in [-0.1, -0.05) is 6.92 Å². The molecule has 1 fully saturated rings. The number of hydrogen-bond acceptors (Lipinski definition) is 2. The van der Waals surface area contributed by atoms with Gasteiger partial charge >= 0.3 is 0 Å². The van der Waals surface area contributed by atoms with Crippen molar-refractivity contribution in [3.05, 3.63) is 0 Å². The van der Waals surface area contributed by atoms with Crippen molar-refractivity contribution in [1.82, 2.24) is 10.2 Å². The van der Waals surface area contributed by atoms with Gasteiger partial charge in [0.1, 0.15) is 0 Å². The largest absolute Gasteiger partial charge is 0.317 e. The maximum atomic E-state index is 3.32. The number of likely N-dealkylation sites (tertiary alicyclic amines) is 1. The average molecular weight is 198 g/mol. The van der Waals surface area contributed by atoms with Gasteiger partial charge in [0.05, 0.1) is 0 Å². The molecule has 0 radical (unpaired) electrons.